The lowest BCUT2D eigenvalue weighted by atomic mass is 9.90. The Morgan fingerprint density at radius 1 is 1.41 bits per heavy atom. The monoisotopic (exact) mass is 251 g/mol. The van der Waals surface area contributed by atoms with Crippen molar-refractivity contribution in [1.82, 2.24) is 9.38 Å². The molecule has 0 aliphatic rings. The number of hydrogen-bond acceptors (Lipinski definition) is 2. The largest absolute Gasteiger partial charge is 0.330 e. The molecule has 0 aliphatic carbocycles. The quantitative estimate of drug-likeness (QED) is 0.892. The van der Waals surface area contributed by atoms with Crippen LogP contribution in [-0.2, 0) is 11.8 Å². The molecule has 2 N–H and O–H groups in total. The average Bonchev–Trinajstić information content (AvgIpc) is 2.59. The van der Waals surface area contributed by atoms with Gasteiger partial charge in [-0.25, -0.2) is 4.98 Å². The van der Waals surface area contributed by atoms with Crippen molar-refractivity contribution in [3.8, 4) is 0 Å². The number of nitrogens with two attached hydrogens (primary N) is 1. The van der Waals surface area contributed by atoms with Gasteiger partial charge >= 0.3 is 0 Å². The van der Waals surface area contributed by atoms with E-state index in [1.807, 2.05) is 18.3 Å². The summed E-state index contributed by atoms with van der Waals surface area (Å²) in [5, 5.41) is 0.682. The predicted molar refractivity (Wildman–Crippen MR) is 71.7 cm³/mol. The Kier molecular flexibility index (Phi) is 3.15. The van der Waals surface area contributed by atoms with Gasteiger partial charge in [-0.05, 0) is 18.7 Å². The SMILES string of the molecule is CC(C)(C)c1nc2c(Cl)cccn2c1CCN. The first-order chi connectivity index (χ1) is 7.95. The summed E-state index contributed by atoms with van der Waals surface area (Å²) in [6, 6.07) is 3.80. The van der Waals surface area contributed by atoms with E-state index in [1.165, 1.54) is 0 Å². The molecule has 0 fully saturated rings. The van der Waals surface area contributed by atoms with Crippen LogP contribution in [0.1, 0.15) is 32.2 Å². The van der Waals surface area contributed by atoms with Gasteiger partial charge in [-0.2, -0.15) is 0 Å². The van der Waals surface area contributed by atoms with E-state index in [0.29, 0.717) is 11.6 Å². The zero-order chi connectivity index (χ0) is 12.6. The average molecular weight is 252 g/mol. The van der Waals surface area contributed by atoms with Gasteiger partial charge in [0, 0.05) is 23.7 Å². The molecular formula is C13H18ClN3. The molecule has 4 heteroatoms. The van der Waals surface area contributed by atoms with Crippen LogP contribution in [0.2, 0.25) is 5.02 Å². The first-order valence-electron chi connectivity index (χ1n) is 5.81. The van der Waals surface area contributed by atoms with Gasteiger partial charge in [0.25, 0.3) is 0 Å². The number of imidazole rings is 1. The first kappa shape index (κ1) is 12.4. The number of nitrogens with zero attached hydrogens (tertiary/aromatic N) is 2. The smallest absolute Gasteiger partial charge is 0.156 e. The molecule has 0 aliphatic heterocycles. The summed E-state index contributed by atoms with van der Waals surface area (Å²) in [4.78, 5) is 4.68. The standard InChI is InChI=1S/C13H18ClN3/c1-13(2,3)11-10(6-7-15)17-8-4-5-9(14)12(17)16-11/h4-5,8H,6-7,15H2,1-3H3. The van der Waals surface area contributed by atoms with Crippen molar-refractivity contribution >= 4 is 17.2 Å². The molecule has 0 radical (unpaired) electrons. The highest BCUT2D eigenvalue weighted by molar-refractivity contribution is 6.33. The van der Waals surface area contributed by atoms with Crippen LogP contribution in [0.15, 0.2) is 18.3 Å². The second-order valence-electron chi connectivity index (χ2n) is 5.25. The minimum atomic E-state index is -0.000147. The molecule has 3 nitrogen and oxygen atoms in total. The van der Waals surface area contributed by atoms with Gasteiger partial charge in [0.05, 0.1) is 10.7 Å². The van der Waals surface area contributed by atoms with Crippen LogP contribution in [0.5, 0.6) is 0 Å². The van der Waals surface area contributed by atoms with E-state index in [-0.39, 0.29) is 5.41 Å². The maximum atomic E-state index is 6.18. The molecule has 2 rings (SSSR count). The van der Waals surface area contributed by atoms with Crippen LogP contribution in [0, 0.1) is 0 Å². The molecule has 2 heterocycles. The number of aromatic nitrogens is 2. The van der Waals surface area contributed by atoms with Crippen LogP contribution in [0.25, 0.3) is 5.65 Å². The number of hydrogen-bond donors (Lipinski definition) is 1. The minimum absolute atomic E-state index is 0.000147. The fourth-order valence-corrected chi connectivity index (χ4v) is 2.27. The van der Waals surface area contributed by atoms with Gasteiger partial charge in [-0.1, -0.05) is 32.4 Å². The Labute approximate surface area is 107 Å². The predicted octanol–water partition coefficient (Wildman–Crippen LogP) is 2.79. The van der Waals surface area contributed by atoms with E-state index < -0.39 is 0 Å². The van der Waals surface area contributed by atoms with Crippen LogP contribution < -0.4 is 5.73 Å². The molecule has 92 valence electrons. The van der Waals surface area contributed by atoms with Crippen molar-refractivity contribution in [2.75, 3.05) is 6.54 Å². The minimum Gasteiger partial charge on any atom is -0.330 e. The molecule has 2 aromatic rings. The zero-order valence-electron chi connectivity index (χ0n) is 10.5. The zero-order valence-corrected chi connectivity index (χ0v) is 11.3. The highest BCUT2D eigenvalue weighted by atomic mass is 35.5. The Hall–Kier alpha value is -1.06. The Morgan fingerprint density at radius 3 is 2.71 bits per heavy atom. The molecule has 2 aromatic heterocycles. The van der Waals surface area contributed by atoms with Crippen LogP contribution in [0.3, 0.4) is 0 Å². The Balaban J connectivity index is 2.75. The number of fused-ring (bicyclic) bond motifs is 1. The Morgan fingerprint density at radius 2 is 2.12 bits per heavy atom. The van der Waals surface area contributed by atoms with E-state index >= 15 is 0 Å². The lowest BCUT2D eigenvalue weighted by Gasteiger charge is -2.17. The van der Waals surface area contributed by atoms with Crippen LogP contribution in [0.4, 0.5) is 0 Å². The summed E-state index contributed by atoms with van der Waals surface area (Å²) < 4.78 is 2.05. The summed E-state index contributed by atoms with van der Waals surface area (Å²) in [5.74, 6) is 0. The van der Waals surface area contributed by atoms with Crippen molar-refractivity contribution < 1.29 is 0 Å². The number of pyridine rings is 1. The van der Waals surface area contributed by atoms with Crippen molar-refractivity contribution in [2.45, 2.75) is 32.6 Å². The van der Waals surface area contributed by atoms with Gasteiger partial charge < -0.3 is 10.1 Å². The van der Waals surface area contributed by atoms with Gasteiger partial charge in [0.1, 0.15) is 0 Å². The van der Waals surface area contributed by atoms with E-state index in [1.54, 1.807) is 0 Å². The van der Waals surface area contributed by atoms with Gasteiger partial charge in [0.2, 0.25) is 0 Å². The molecule has 17 heavy (non-hydrogen) atoms. The molecule has 0 spiro atoms. The number of rotatable bonds is 2. The van der Waals surface area contributed by atoms with Crippen molar-refractivity contribution in [2.24, 2.45) is 5.73 Å². The molecule has 0 saturated heterocycles. The highest BCUT2D eigenvalue weighted by Crippen LogP contribution is 2.28. The summed E-state index contributed by atoms with van der Waals surface area (Å²) in [5.41, 5.74) is 8.75. The Bertz CT molecular complexity index is 537. The topological polar surface area (TPSA) is 43.3 Å². The molecule has 0 saturated carbocycles. The van der Waals surface area contributed by atoms with Crippen molar-refractivity contribution in [1.29, 1.82) is 0 Å². The van der Waals surface area contributed by atoms with Crippen molar-refractivity contribution in [3.63, 3.8) is 0 Å². The lowest BCUT2D eigenvalue weighted by molar-refractivity contribution is 0.563. The first-order valence-corrected chi connectivity index (χ1v) is 6.19. The molecule has 0 aromatic carbocycles. The normalized spacial score (nSPS) is 12.3. The van der Waals surface area contributed by atoms with Crippen molar-refractivity contribution in [3.05, 3.63) is 34.7 Å². The molecule has 0 atom stereocenters. The summed E-state index contributed by atoms with van der Waals surface area (Å²) in [6.45, 7) is 7.08. The van der Waals surface area contributed by atoms with E-state index in [0.717, 1.165) is 23.5 Å². The fraction of sp³-hybridized carbons (Fsp3) is 0.462. The molecule has 0 unspecified atom stereocenters. The van der Waals surface area contributed by atoms with Gasteiger partial charge in [0.15, 0.2) is 5.65 Å². The molecule has 0 amide bonds. The fourth-order valence-electron chi connectivity index (χ4n) is 2.06. The van der Waals surface area contributed by atoms with Gasteiger partial charge in [-0.15, -0.1) is 0 Å². The third-order valence-corrected chi connectivity index (χ3v) is 3.09. The van der Waals surface area contributed by atoms with Crippen LogP contribution >= 0.6 is 11.6 Å². The second-order valence-corrected chi connectivity index (χ2v) is 5.65. The molecular weight excluding hydrogens is 234 g/mol. The maximum Gasteiger partial charge on any atom is 0.156 e. The number of halogens is 1. The summed E-state index contributed by atoms with van der Waals surface area (Å²) >= 11 is 6.18. The summed E-state index contributed by atoms with van der Waals surface area (Å²) in [7, 11) is 0. The van der Waals surface area contributed by atoms with Gasteiger partial charge in [-0.3, -0.25) is 0 Å². The third kappa shape index (κ3) is 2.17. The second kappa shape index (κ2) is 4.31. The lowest BCUT2D eigenvalue weighted by Crippen LogP contribution is -2.17. The molecule has 0 bridgehead atoms. The highest BCUT2D eigenvalue weighted by Gasteiger charge is 2.23. The maximum absolute atomic E-state index is 6.18. The van der Waals surface area contributed by atoms with E-state index in [2.05, 4.69) is 30.2 Å². The summed E-state index contributed by atoms with van der Waals surface area (Å²) in [6.07, 6.45) is 2.81. The van der Waals surface area contributed by atoms with E-state index in [4.69, 9.17) is 17.3 Å². The van der Waals surface area contributed by atoms with Crippen LogP contribution in [-0.4, -0.2) is 15.9 Å². The third-order valence-electron chi connectivity index (χ3n) is 2.79. The van der Waals surface area contributed by atoms with E-state index in [9.17, 15) is 0 Å².